The van der Waals surface area contributed by atoms with Gasteiger partial charge in [0.25, 0.3) is 0 Å². The van der Waals surface area contributed by atoms with Crippen molar-refractivity contribution in [2.75, 3.05) is 27.3 Å². The molecule has 2 atom stereocenters. The molecule has 2 aromatic carbocycles. The molecule has 0 aromatic heterocycles. The molecule has 1 saturated heterocycles. The lowest BCUT2D eigenvalue weighted by molar-refractivity contribution is -0.154. The Kier molecular flexibility index (Phi) is 5.87. The number of benzene rings is 2. The third-order valence-electron chi connectivity index (χ3n) is 5.38. The molecule has 3 rings (SSSR count). The van der Waals surface area contributed by atoms with Gasteiger partial charge in [-0.25, -0.2) is 0 Å². The van der Waals surface area contributed by atoms with Gasteiger partial charge in [0.15, 0.2) is 0 Å². The summed E-state index contributed by atoms with van der Waals surface area (Å²) >= 11 is 0. The molecule has 28 heavy (non-hydrogen) atoms. The number of rotatable bonds is 6. The average Bonchev–Trinajstić information content (AvgIpc) is 2.74. The van der Waals surface area contributed by atoms with Crippen molar-refractivity contribution >= 4 is 11.8 Å². The molecule has 6 nitrogen and oxygen atoms in total. The number of carbonyl (C=O) groups excluding carboxylic acids is 2. The van der Waals surface area contributed by atoms with Gasteiger partial charge in [-0.3, -0.25) is 9.59 Å². The van der Waals surface area contributed by atoms with E-state index >= 15 is 0 Å². The summed E-state index contributed by atoms with van der Waals surface area (Å²) in [6.45, 7) is 4.03. The van der Waals surface area contributed by atoms with E-state index in [1.807, 2.05) is 62.4 Å². The summed E-state index contributed by atoms with van der Waals surface area (Å²) in [5.41, 5.74) is 1.94. The Morgan fingerprint density at radius 3 is 1.29 bits per heavy atom. The van der Waals surface area contributed by atoms with Gasteiger partial charge in [0.1, 0.15) is 24.6 Å². The smallest absolute Gasteiger partial charge is 0.243 e. The highest BCUT2D eigenvalue weighted by molar-refractivity contribution is 5.93. The number of nitrogens with zero attached hydrogens (tertiary/aromatic N) is 2. The van der Waals surface area contributed by atoms with Gasteiger partial charge in [-0.05, 0) is 49.2 Å². The molecule has 0 radical (unpaired) electrons. The number of hydrogen-bond donors (Lipinski definition) is 0. The fourth-order valence-corrected chi connectivity index (χ4v) is 3.48. The molecule has 1 aliphatic rings. The molecular weight excluding hydrogens is 356 g/mol. The Morgan fingerprint density at radius 2 is 1.00 bits per heavy atom. The SMILES string of the molecule is COc1ccc([C@H](C)N2CC(=O)N([C@@H](C)c3ccc(OC)cc3)CC2=O)cc1. The third kappa shape index (κ3) is 3.96. The topological polar surface area (TPSA) is 59.1 Å². The van der Waals surface area contributed by atoms with Gasteiger partial charge in [-0.1, -0.05) is 24.3 Å². The molecule has 0 bridgehead atoms. The van der Waals surface area contributed by atoms with Crippen LogP contribution in [-0.4, -0.2) is 48.9 Å². The second kappa shape index (κ2) is 8.33. The zero-order valence-corrected chi connectivity index (χ0v) is 16.7. The summed E-state index contributed by atoms with van der Waals surface area (Å²) in [6.07, 6.45) is 0. The zero-order valence-electron chi connectivity index (χ0n) is 16.7. The molecule has 1 aliphatic heterocycles. The van der Waals surface area contributed by atoms with Crippen LogP contribution in [0.5, 0.6) is 11.5 Å². The normalized spacial score (nSPS) is 16.7. The summed E-state index contributed by atoms with van der Waals surface area (Å²) in [5, 5.41) is 0. The van der Waals surface area contributed by atoms with E-state index in [-0.39, 0.29) is 37.0 Å². The van der Waals surface area contributed by atoms with Crippen molar-refractivity contribution < 1.29 is 19.1 Å². The van der Waals surface area contributed by atoms with Crippen molar-refractivity contribution in [1.29, 1.82) is 0 Å². The van der Waals surface area contributed by atoms with Crippen LogP contribution in [0.3, 0.4) is 0 Å². The van der Waals surface area contributed by atoms with Gasteiger partial charge in [0.2, 0.25) is 11.8 Å². The highest BCUT2D eigenvalue weighted by atomic mass is 16.5. The van der Waals surface area contributed by atoms with E-state index < -0.39 is 0 Å². The second-order valence-electron chi connectivity index (χ2n) is 6.94. The fraction of sp³-hybridized carbons (Fsp3) is 0.364. The van der Waals surface area contributed by atoms with E-state index in [1.54, 1.807) is 24.0 Å². The Balaban J connectivity index is 1.72. The average molecular weight is 382 g/mol. The lowest BCUT2D eigenvalue weighted by Crippen LogP contribution is -2.54. The van der Waals surface area contributed by atoms with Crippen LogP contribution in [-0.2, 0) is 9.59 Å². The van der Waals surface area contributed by atoms with Crippen molar-refractivity contribution in [3.8, 4) is 11.5 Å². The van der Waals surface area contributed by atoms with E-state index in [1.165, 1.54) is 0 Å². The number of carbonyl (C=O) groups is 2. The molecule has 0 spiro atoms. The minimum Gasteiger partial charge on any atom is -0.497 e. The largest absolute Gasteiger partial charge is 0.497 e. The lowest BCUT2D eigenvalue weighted by Gasteiger charge is -2.40. The number of piperazine rings is 1. The maximum Gasteiger partial charge on any atom is 0.243 e. The van der Waals surface area contributed by atoms with E-state index in [4.69, 9.17) is 9.47 Å². The fourth-order valence-electron chi connectivity index (χ4n) is 3.48. The van der Waals surface area contributed by atoms with Crippen molar-refractivity contribution in [3.63, 3.8) is 0 Å². The zero-order chi connectivity index (χ0) is 20.3. The van der Waals surface area contributed by atoms with Crippen LogP contribution in [0.25, 0.3) is 0 Å². The first kappa shape index (κ1) is 19.7. The van der Waals surface area contributed by atoms with Crippen LogP contribution in [0.4, 0.5) is 0 Å². The molecule has 2 aromatic rings. The minimum absolute atomic E-state index is 0.0525. The number of ether oxygens (including phenoxy) is 2. The maximum atomic E-state index is 12.8. The first-order chi connectivity index (χ1) is 13.4. The summed E-state index contributed by atoms with van der Waals surface area (Å²) in [7, 11) is 3.23. The molecule has 148 valence electrons. The highest BCUT2D eigenvalue weighted by Crippen LogP contribution is 2.28. The molecule has 2 amide bonds. The van der Waals surface area contributed by atoms with Gasteiger partial charge >= 0.3 is 0 Å². The van der Waals surface area contributed by atoms with Crippen LogP contribution in [0.2, 0.25) is 0 Å². The maximum absolute atomic E-state index is 12.8. The molecule has 0 aliphatic carbocycles. The van der Waals surface area contributed by atoms with Crippen LogP contribution < -0.4 is 9.47 Å². The van der Waals surface area contributed by atoms with Crippen molar-refractivity contribution in [3.05, 3.63) is 59.7 Å². The summed E-state index contributed by atoms with van der Waals surface area (Å²) < 4.78 is 10.4. The predicted molar refractivity (Wildman–Crippen MR) is 106 cm³/mol. The molecular formula is C22H26N2O4. The van der Waals surface area contributed by atoms with Crippen molar-refractivity contribution in [2.24, 2.45) is 0 Å². The number of methoxy groups -OCH3 is 2. The van der Waals surface area contributed by atoms with Gasteiger partial charge in [0.05, 0.1) is 26.3 Å². The quantitative estimate of drug-likeness (QED) is 0.770. The standard InChI is InChI=1S/C22H26N2O4/c1-15(17-5-9-19(27-3)10-6-17)23-13-22(26)24(14-21(23)25)16(2)18-7-11-20(28-4)12-8-18/h5-12,15-16H,13-14H2,1-4H3/t15-,16-/m0/s1. The van der Waals surface area contributed by atoms with Crippen molar-refractivity contribution in [2.45, 2.75) is 25.9 Å². The van der Waals surface area contributed by atoms with E-state index in [0.29, 0.717) is 0 Å². The third-order valence-corrected chi connectivity index (χ3v) is 5.38. The molecule has 1 heterocycles. The van der Waals surface area contributed by atoms with E-state index in [0.717, 1.165) is 22.6 Å². The Hall–Kier alpha value is -3.02. The van der Waals surface area contributed by atoms with Crippen LogP contribution in [0.1, 0.15) is 37.1 Å². The van der Waals surface area contributed by atoms with Crippen molar-refractivity contribution in [1.82, 2.24) is 9.80 Å². The Morgan fingerprint density at radius 1 is 0.679 bits per heavy atom. The monoisotopic (exact) mass is 382 g/mol. The summed E-state index contributed by atoms with van der Waals surface area (Å²) in [4.78, 5) is 28.9. The highest BCUT2D eigenvalue weighted by Gasteiger charge is 2.35. The first-order valence-corrected chi connectivity index (χ1v) is 9.31. The molecule has 0 saturated carbocycles. The number of amides is 2. The van der Waals surface area contributed by atoms with E-state index in [9.17, 15) is 9.59 Å². The van der Waals surface area contributed by atoms with Gasteiger partial charge in [-0.15, -0.1) is 0 Å². The molecule has 0 unspecified atom stereocenters. The minimum atomic E-state index is -0.180. The molecule has 1 fully saturated rings. The lowest BCUT2D eigenvalue weighted by atomic mass is 10.0. The Labute approximate surface area is 165 Å². The molecule has 6 heteroatoms. The van der Waals surface area contributed by atoms with Gasteiger partial charge < -0.3 is 19.3 Å². The van der Waals surface area contributed by atoms with Crippen LogP contribution in [0.15, 0.2) is 48.5 Å². The predicted octanol–water partition coefficient (Wildman–Crippen LogP) is 3.20. The number of hydrogen-bond acceptors (Lipinski definition) is 4. The van der Waals surface area contributed by atoms with Gasteiger partial charge in [-0.2, -0.15) is 0 Å². The summed E-state index contributed by atoms with van der Waals surface area (Å²) in [5.74, 6) is 1.42. The summed E-state index contributed by atoms with van der Waals surface area (Å²) in [6, 6.07) is 14.8. The van der Waals surface area contributed by atoms with E-state index in [2.05, 4.69) is 0 Å². The first-order valence-electron chi connectivity index (χ1n) is 9.31. The Bertz CT molecular complexity index is 761. The second-order valence-corrected chi connectivity index (χ2v) is 6.94. The van der Waals surface area contributed by atoms with Crippen LogP contribution in [0, 0.1) is 0 Å². The van der Waals surface area contributed by atoms with Crippen LogP contribution >= 0.6 is 0 Å². The van der Waals surface area contributed by atoms with Gasteiger partial charge in [0, 0.05) is 0 Å². The molecule has 0 N–H and O–H groups in total.